The Balaban J connectivity index is 3.41. The normalized spacial score (nSPS) is 13.0. The van der Waals surface area contributed by atoms with Crippen LogP contribution in [-0.2, 0) is 12.4 Å². The third-order valence-corrected chi connectivity index (χ3v) is 2.90. The molecular weight excluding hydrogens is 370 g/mol. The van der Waals surface area contributed by atoms with Gasteiger partial charge in [-0.05, 0) is 12.1 Å². The number of hydrogen-bond acceptors (Lipinski definition) is 0. The largest absolute Gasteiger partial charge is 0.418 e. The molecule has 0 aliphatic heterocycles. The van der Waals surface area contributed by atoms with Gasteiger partial charge in [0.25, 0.3) is 0 Å². The number of rotatable bonds is 0. The first-order valence-corrected chi connectivity index (χ1v) is 5.25. The zero-order valence-corrected chi connectivity index (χ0v) is 10.4. The Morgan fingerprint density at radius 2 is 1.12 bits per heavy atom. The van der Waals surface area contributed by atoms with Crippen LogP contribution in [0.25, 0.3) is 0 Å². The highest BCUT2D eigenvalue weighted by Gasteiger charge is 2.38. The van der Waals surface area contributed by atoms with Crippen LogP contribution in [0.1, 0.15) is 11.1 Å². The SMILES string of the molecule is FC(F)(F)c1cc(Br)c(C(F)(F)F)c(Br)c1. The summed E-state index contributed by atoms with van der Waals surface area (Å²) in [5.74, 6) is 0. The summed E-state index contributed by atoms with van der Waals surface area (Å²) in [6.45, 7) is 0. The molecule has 0 unspecified atom stereocenters. The Kier molecular flexibility index (Phi) is 3.64. The molecule has 0 radical (unpaired) electrons. The molecule has 90 valence electrons. The minimum absolute atomic E-state index is 0.396. The van der Waals surface area contributed by atoms with Crippen LogP contribution in [0.3, 0.4) is 0 Å². The van der Waals surface area contributed by atoms with Crippen molar-refractivity contribution in [2.45, 2.75) is 12.4 Å². The lowest BCUT2D eigenvalue weighted by Crippen LogP contribution is -2.11. The Bertz CT molecular complexity index is 383. The van der Waals surface area contributed by atoms with Gasteiger partial charge in [-0.25, -0.2) is 0 Å². The van der Waals surface area contributed by atoms with E-state index in [2.05, 4.69) is 31.9 Å². The zero-order chi connectivity index (χ0) is 12.7. The van der Waals surface area contributed by atoms with E-state index in [0.29, 0.717) is 12.1 Å². The van der Waals surface area contributed by atoms with E-state index >= 15 is 0 Å². The molecule has 0 bridgehead atoms. The molecule has 0 nitrogen and oxygen atoms in total. The van der Waals surface area contributed by atoms with Crippen LogP contribution in [0.5, 0.6) is 0 Å². The molecule has 0 heterocycles. The lowest BCUT2D eigenvalue weighted by molar-refractivity contribution is -0.142. The maximum atomic E-state index is 12.4. The summed E-state index contributed by atoms with van der Waals surface area (Å²) in [5.41, 5.74) is -2.32. The van der Waals surface area contributed by atoms with Crippen LogP contribution < -0.4 is 0 Å². The fourth-order valence-corrected chi connectivity index (χ4v) is 2.64. The van der Waals surface area contributed by atoms with Crippen LogP contribution in [0.2, 0.25) is 0 Å². The Labute approximate surface area is 103 Å². The van der Waals surface area contributed by atoms with Crippen molar-refractivity contribution in [1.29, 1.82) is 0 Å². The van der Waals surface area contributed by atoms with Gasteiger partial charge in [-0.2, -0.15) is 26.3 Å². The van der Waals surface area contributed by atoms with Crippen LogP contribution in [0.4, 0.5) is 26.3 Å². The maximum absolute atomic E-state index is 12.4. The molecule has 0 spiro atoms. The van der Waals surface area contributed by atoms with E-state index in [9.17, 15) is 26.3 Å². The number of alkyl halides is 6. The molecule has 0 amide bonds. The van der Waals surface area contributed by atoms with Crippen molar-refractivity contribution in [2.24, 2.45) is 0 Å². The zero-order valence-electron chi connectivity index (χ0n) is 7.18. The second-order valence-corrected chi connectivity index (χ2v) is 4.52. The monoisotopic (exact) mass is 370 g/mol. The van der Waals surface area contributed by atoms with Crippen molar-refractivity contribution in [3.05, 3.63) is 32.2 Å². The minimum atomic E-state index is -4.72. The summed E-state index contributed by atoms with van der Waals surface area (Å²) < 4.78 is 72.6. The van der Waals surface area contributed by atoms with Gasteiger partial charge < -0.3 is 0 Å². The third kappa shape index (κ3) is 2.91. The van der Waals surface area contributed by atoms with E-state index in [1.165, 1.54) is 0 Å². The predicted molar refractivity (Wildman–Crippen MR) is 51.8 cm³/mol. The highest BCUT2D eigenvalue weighted by atomic mass is 79.9. The molecule has 0 aliphatic carbocycles. The van der Waals surface area contributed by atoms with E-state index < -0.39 is 32.4 Å². The van der Waals surface area contributed by atoms with E-state index in [1.54, 1.807) is 0 Å². The van der Waals surface area contributed by atoms with E-state index in [1.807, 2.05) is 0 Å². The molecule has 0 fully saturated rings. The average Bonchev–Trinajstić information content (AvgIpc) is 1.97. The quantitative estimate of drug-likeness (QED) is 0.546. The van der Waals surface area contributed by atoms with Crippen molar-refractivity contribution in [1.82, 2.24) is 0 Å². The molecule has 0 aliphatic rings. The smallest absolute Gasteiger partial charge is 0.166 e. The fourth-order valence-electron chi connectivity index (χ4n) is 1.01. The molecule has 0 saturated heterocycles. The molecule has 1 aromatic carbocycles. The van der Waals surface area contributed by atoms with Gasteiger partial charge in [0.1, 0.15) is 0 Å². The Morgan fingerprint density at radius 1 is 0.750 bits per heavy atom. The summed E-state index contributed by atoms with van der Waals surface area (Å²) in [5, 5.41) is 0. The number of benzene rings is 1. The van der Waals surface area contributed by atoms with Crippen molar-refractivity contribution < 1.29 is 26.3 Å². The van der Waals surface area contributed by atoms with Gasteiger partial charge in [-0.3, -0.25) is 0 Å². The second kappa shape index (κ2) is 4.21. The summed E-state index contributed by atoms with van der Waals surface area (Å²) >= 11 is 4.95. The molecule has 0 N–H and O–H groups in total. The van der Waals surface area contributed by atoms with Gasteiger partial charge in [-0.1, -0.05) is 31.9 Å². The summed E-state index contributed by atoms with van der Waals surface area (Å²) in [6, 6.07) is 0.793. The van der Waals surface area contributed by atoms with Gasteiger partial charge in [0.15, 0.2) is 0 Å². The Morgan fingerprint density at radius 3 is 1.38 bits per heavy atom. The Hall–Kier alpha value is -0.240. The van der Waals surface area contributed by atoms with Crippen LogP contribution in [0.15, 0.2) is 21.1 Å². The van der Waals surface area contributed by atoms with Crippen molar-refractivity contribution in [3.63, 3.8) is 0 Å². The molecule has 0 saturated carbocycles. The minimum Gasteiger partial charge on any atom is -0.166 e. The molecule has 0 aromatic heterocycles. The predicted octanol–water partition coefficient (Wildman–Crippen LogP) is 5.25. The van der Waals surface area contributed by atoms with Gasteiger partial charge >= 0.3 is 12.4 Å². The number of hydrogen-bond donors (Lipinski definition) is 0. The topological polar surface area (TPSA) is 0 Å². The highest BCUT2D eigenvalue weighted by molar-refractivity contribution is 9.11. The summed E-state index contributed by atoms with van der Waals surface area (Å²) in [4.78, 5) is 0. The lowest BCUT2D eigenvalue weighted by atomic mass is 10.1. The molecular formula is C8H2Br2F6. The third-order valence-electron chi connectivity index (χ3n) is 1.65. The first-order valence-electron chi connectivity index (χ1n) is 3.67. The van der Waals surface area contributed by atoms with Gasteiger partial charge in [0.05, 0.1) is 11.1 Å². The molecule has 16 heavy (non-hydrogen) atoms. The van der Waals surface area contributed by atoms with Crippen LogP contribution in [-0.4, -0.2) is 0 Å². The van der Waals surface area contributed by atoms with Gasteiger partial charge in [0, 0.05) is 8.95 Å². The first kappa shape index (κ1) is 13.8. The molecule has 0 atom stereocenters. The lowest BCUT2D eigenvalue weighted by Gasteiger charge is -2.14. The van der Waals surface area contributed by atoms with Crippen LogP contribution >= 0.6 is 31.9 Å². The van der Waals surface area contributed by atoms with Crippen LogP contribution in [0, 0.1) is 0 Å². The highest BCUT2D eigenvalue weighted by Crippen LogP contribution is 2.43. The molecule has 1 rings (SSSR count). The molecule has 1 aromatic rings. The van der Waals surface area contributed by atoms with Crippen molar-refractivity contribution in [3.8, 4) is 0 Å². The van der Waals surface area contributed by atoms with E-state index in [-0.39, 0.29) is 0 Å². The van der Waals surface area contributed by atoms with E-state index in [0.717, 1.165) is 0 Å². The second-order valence-electron chi connectivity index (χ2n) is 2.81. The van der Waals surface area contributed by atoms with Crippen molar-refractivity contribution >= 4 is 31.9 Å². The molecule has 8 heteroatoms. The summed E-state index contributed by atoms with van der Waals surface area (Å²) in [6.07, 6.45) is -9.41. The standard InChI is InChI=1S/C8H2Br2F6/c9-4-1-3(7(11,12)13)2-5(10)6(4)8(14,15)16/h1-2H. The fraction of sp³-hybridized carbons (Fsp3) is 0.250. The first-order chi connectivity index (χ1) is 7.03. The maximum Gasteiger partial charge on any atom is 0.418 e. The summed E-state index contributed by atoms with van der Waals surface area (Å²) in [7, 11) is 0. The van der Waals surface area contributed by atoms with E-state index in [4.69, 9.17) is 0 Å². The number of halogens is 8. The van der Waals surface area contributed by atoms with Crippen molar-refractivity contribution in [2.75, 3.05) is 0 Å². The average molecular weight is 372 g/mol. The van der Waals surface area contributed by atoms with Gasteiger partial charge in [0.2, 0.25) is 0 Å². The van der Waals surface area contributed by atoms with Gasteiger partial charge in [-0.15, -0.1) is 0 Å².